The zero-order chi connectivity index (χ0) is 21.0. The third kappa shape index (κ3) is 3.12. The maximum atomic E-state index is 12.9. The van der Waals surface area contributed by atoms with Gasteiger partial charge in [0.2, 0.25) is 0 Å². The highest BCUT2D eigenvalue weighted by molar-refractivity contribution is 6.35. The van der Waals surface area contributed by atoms with E-state index < -0.39 is 0 Å². The van der Waals surface area contributed by atoms with Crippen molar-refractivity contribution in [3.8, 4) is 0 Å². The first-order valence-electron chi connectivity index (χ1n) is 9.90. The standard InChI is InChI=1S/C21H22ClN7O/c1-12-20-25-16(17-5-4-6-27(17)2)10-29(20)11-19(24-12)26-21(30)14-7-13-9-23-28(3)18(13)8-15(14)22/h7-11,17H,4-6H2,1-3H3,(H,26,30)/t17-/m1/s1. The number of nitrogens with one attached hydrogen (secondary N) is 1. The van der Waals surface area contributed by atoms with Gasteiger partial charge in [-0.3, -0.25) is 14.4 Å². The van der Waals surface area contributed by atoms with Gasteiger partial charge in [-0.25, -0.2) is 9.97 Å². The summed E-state index contributed by atoms with van der Waals surface area (Å²) in [6.45, 7) is 2.98. The van der Waals surface area contributed by atoms with E-state index in [0.717, 1.165) is 40.9 Å². The largest absolute Gasteiger partial charge is 0.305 e. The van der Waals surface area contributed by atoms with Crippen LogP contribution in [0.1, 0.15) is 40.6 Å². The maximum absolute atomic E-state index is 12.9. The number of carbonyl (C=O) groups is 1. The van der Waals surface area contributed by atoms with E-state index in [0.29, 0.717) is 22.4 Å². The Labute approximate surface area is 178 Å². The molecule has 0 radical (unpaired) electrons. The minimum absolute atomic E-state index is 0.312. The Kier molecular flexibility index (Phi) is 4.48. The molecule has 0 spiro atoms. The molecule has 8 nitrogen and oxygen atoms in total. The van der Waals surface area contributed by atoms with Crippen molar-refractivity contribution in [2.75, 3.05) is 18.9 Å². The van der Waals surface area contributed by atoms with Gasteiger partial charge in [-0.15, -0.1) is 0 Å². The summed E-state index contributed by atoms with van der Waals surface area (Å²) in [5, 5.41) is 8.30. The van der Waals surface area contributed by atoms with Crippen molar-refractivity contribution in [2.24, 2.45) is 7.05 Å². The molecule has 5 rings (SSSR count). The van der Waals surface area contributed by atoms with E-state index in [9.17, 15) is 4.79 Å². The molecule has 0 unspecified atom stereocenters. The molecule has 0 saturated carbocycles. The molecule has 154 valence electrons. The predicted molar refractivity (Wildman–Crippen MR) is 116 cm³/mol. The third-order valence-electron chi connectivity index (χ3n) is 5.81. The average molecular weight is 424 g/mol. The van der Waals surface area contributed by atoms with Crippen LogP contribution in [0, 0.1) is 6.92 Å². The van der Waals surface area contributed by atoms with E-state index in [1.165, 1.54) is 6.42 Å². The lowest BCUT2D eigenvalue weighted by Crippen LogP contribution is -2.17. The summed E-state index contributed by atoms with van der Waals surface area (Å²) in [7, 11) is 3.96. The van der Waals surface area contributed by atoms with Gasteiger partial charge >= 0.3 is 0 Å². The van der Waals surface area contributed by atoms with Crippen molar-refractivity contribution in [1.29, 1.82) is 0 Å². The van der Waals surface area contributed by atoms with E-state index in [2.05, 4.69) is 27.3 Å². The number of hydrogen-bond donors (Lipinski definition) is 1. The van der Waals surface area contributed by atoms with Gasteiger partial charge in [0, 0.05) is 18.6 Å². The van der Waals surface area contributed by atoms with E-state index in [1.807, 2.05) is 24.6 Å². The van der Waals surface area contributed by atoms with Gasteiger partial charge in [-0.05, 0) is 45.5 Å². The Hall–Kier alpha value is -2.97. The van der Waals surface area contributed by atoms with Crippen LogP contribution in [0.4, 0.5) is 5.82 Å². The minimum atomic E-state index is -0.312. The van der Waals surface area contributed by atoms with Crippen LogP contribution < -0.4 is 5.32 Å². The van der Waals surface area contributed by atoms with Gasteiger partial charge in [0.1, 0.15) is 5.82 Å². The second kappa shape index (κ2) is 7.07. The van der Waals surface area contributed by atoms with Gasteiger partial charge in [0.25, 0.3) is 5.91 Å². The lowest BCUT2D eigenvalue weighted by atomic mass is 10.1. The molecule has 1 amide bonds. The highest BCUT2D eigenvalue weighted by Gasteiger charge is 2.25. The minimum Gasteiger partial charge on any atom is -0.305 e. The Morgan fingerprint density at radius 2 is 2.07 bits per heavy atom. The summed E-state index contributed by atoms with van der Waals surface area (Å²) >= 11 is 6.37. The van der Waals surface area contributed by atoms with Crippen LogP contribution in [0.3, 0.4) is 0 Å². The molecule has 9 heteroatoms. The van der Waals surface area contributed by atoms with Crippen LogP contribution in [-0.4, -0.2) is 48.5 Å². The van der Waals surface area contributed by atoms with Crippen LogP contribution in [-0.2, 0) is 7.05 Å². The van der Waals surface area contributed by atoms with Crippen LogP contribution in [0.5, 0.6) is 0 Å². The zero-order valence-electron chi connectivity index (χ0n) is 17.1. The Morgan fingerprint density at radius 1 is 1.23 bits per heavy atom. The van der Waals surface area contributed by atoms with Gasteiger partial charge in [0.15, 0.2) is 5.65 Å². The lowest BCUT2D eigenvalue weighted by molar-refractivity contribution is 0.102. The van der Waals surface area contributed by atoms with Crippen LogP contribution >= 0.6 is 11.6 Å². The van der Waals surface area contributed by atoms with Crippen molar-refractivity contribution < 1.29 is 4.79 Å². The monoisotopic (exact) mass is 423 g/mol. The number of amides is 1. The predicted octanol–water partition coefficient (Wildman–Crippen LogP) is 3.60. The smallest absolute Gasteiger partial charge is 0.258 e. The molecular weight excluding hydrogens is 402 g/mol. The number of likely N-dealkylation sites (tertiary alicyclic amines) is 1. The summed E-state index contributed by atoms with van der Waals surface area (Å²) in [5.74, 6) is 0.143. The molecule has 1 aliphatic heterocycles. The van der Waals surface area contributed by atoms with Crippen LogP contribution in [0.15, 0.2) is 30.7 Å². The molecule has 1 saturated heterocycles. The highest BCUT2D eigenvalue weighted by Crippen LogP contribution is 2.30. The first kappa shape index (κ1) is 19.0. The zero-order valence-corrected chi connectivity index (χ0v) is 17.8. The first-order valence-corrected chi connectivity index (χ1v) is 10.3. The van der Waals surface area contributed by atoms with Crippen molar-refractivity contribution >= 4 is 39.9 Å². The summed E-state index contributed by atoms with van der Waals surface area (Å²) < 4.78 is 3.66. The molecule has 30 heavy (non-hydrogen) atoms. The number of hydrogen-bond acceptors (Lipinski definition) is 5. The molecule has 0 bridgehead atoms. The summed E-state index contributed by atoms with van der Waals surface area (Å²) in [6.07, 6.45) is 7.81. The van der Waals surface area contributed by atoms with Gasteiger partial charge in [0.05, 0.1) is 45.9 Å². The summed E-state index contributed by atoms with van der Waals surface area (Å²) in [5.41, 5.74) is 3.85. The molecule has 3 aromatic heterocycles. The van der Waals surface area contributed by atoms with Gasteiger partial charge < -0.3 is 9.72 Å². The molecule has 1 N–H and O–H groups in total. The second-order valence-corrected chi connectivity index (χ2v) is 8.27. The normalized spacial score (nSPS) is 17.3. The maximum Gasteiger partial charge on any atom is 0.258 e. The molecule has 1 fully saturated rings. The molecule has 4 heterocycles. The van der Waals surface area contributed by atoms with Gasteiger partial charge in [-0.2, -0.15) is 5.10 Å². The topological polar surface area (TPSA) is 80.3 Å². The second-order valence-electron chi connectivity index (χ2n) is 7.86. The number of anilines is 1. The molecular formula is C21H22ClN7O. The van der Waals surface area contributed by atoms with Crippen LogP contribution in [0.25, 0.3) is 16.6 Å². The molecule has 1 atom stereocenters. The van der Waals surface area contributed by atoms with E-state index in [1.54, 1.807) is 29.2 Å². The molecule has 4 aromatic rings. The number of benzene rings is 1. The van der Waals surface area contributed by atoms with E-state index in [-0.39, 0.29) is 5.91 Å². The van der Waals surface area contributed by atoms with Crippen molar-refractivity contribution in [3.63, 3.8) is 0 Å². The number of imidazole rings is 1. The number of rotatable bonds is 3. The third-order valence-corrected chi connectivity index (χ3v) is 6.12. The Balaban J connectivity index is 1.46. The van der Waals surface area contributed by atoms with E-state index in [4.69, 9.17) is 16.6 Å². The molecule has 0 aliphatic carbocycles. The first-order chi connectivity index (χ1) is 14.4. The SMILES string of the molecule is Cc1nc(NC(=O)c2cc3cnn(C)c3cc2Cl)cn2cc([C@H]3CCCN3C)nc12. The molecule has 1 aromatic carbocycles. The summed E-state index contributed by atoms with van der Waals surface area (Å²) in [4.78, 5) is 24.5. The van der Waals surface area contributed by atoms with Crippen molar-refractivity contribution in [1.82, 2.24) is 29.0 Å². The number of halogens is 1. The fraction of sp³-hybridized carbons (Fsp3) is 0.333. The Morgan fingerprint density at radius 3 is 2.83 bits per heavy atom. The van der Waals surface area contributed by atoms with E-state index >= 15 is 0 Å². The number of nitrogens with zero attached hydrogens (tertiary/aromatic N) is 6. The summed E-state index contributed by atoms with van der Waals surface area (Å²) in [6, 6.07) is 3.82. The fourth-order valence-electron chi connectivity index (χ4n) is 4.21. The van der Waals surface area contributed by atoms with Crippen molar-refractivity contribution in [3.05, 3.63) is 52.7 Å². The number of aromatic nitrogens is 5. The highest BCUT2D eigenvalue weighted by atomic mass is 35.5. The number of aryl methyl sites for hydroxylation is 2. The molecule has 1 aliphatic rings. The number of fused-ring (bicyclic) bond motifs is 2. The van der Waals surface area contributed by atoms with Gasteiger partial charge in [-0.1, -0.05) is 11.6 Å². The van der Waals surface area contributed by atoms with Crippen LogP contribution in [0.2, 0.25) is 5.02 Å². The lowest BCUT2D eigenvalue weighted by Gasteiger charge is -2.16. The Bertz CT molecular complexity index is 1290. The van der Waals surface area contributed by atoms with Crippen molar-refractivity contribution in [2.45, 2.75) is 25.8 Å². The quantitative estimate of drug-likeness (QED) is 0.544. The fourth-order valence-corrected chi connectivity index (χ4v) is 4.45. The average Bonchev–Trinajstić information content (AvgIpc) is 3.40. The number of carbonyl (C=O) groups excluding carboxylic acids is 1.